The summed E-state index contributed by atoms with van der Waals surface area (Å²) in [5.41, 5.74) is 2.87. The molecule has 25 heavy (non-hydrogen) atoms. The fraction of sp³-hybridized carbons (Fsp3) is 0.455. The van der Waals surface area contributed by atoms with Gasteiger partial charge < -0.3 is 0 Å². The lowest BCUT2D eigenvalue weighted by Crippen LogP contribution is -2.44. The van der Waals surface area contributed by atoms with Gasteiger partial charge in [-0.1, -0.05) is 49.4 Å². The topological polar surface area (TPSA) is 6.48 Å². The molecule has 0 saturated carbocycles. The molecule has 1 saturated heterocycles. The Bertz CT molecular complexity index is 618. The van der Waals surface area contributed by atoms with E-state index in [1.165, 1.54) is 42.0 Å². The molecule has 3 heteroatoms. The van der Waals surface area contributed by atoms with Gasteiger partial charge in [-0.05, 0) is 62.0 Å². The monoisotopic (exact) mass is 354 g/mol. The Kier molecular flexibility index (Phi) is 6.97. The summed E-state index contributed by atoms with van der Waals surface area (Å²) in [6.45, 7) is 8.02. The van der Waals surface area contributed by atoms with E-state index in [1.807, 2.05) is 11.8 Å². The summed E-state index contributed by atoms with van der Waals surface area (Å²) in [5, 5.41) is 0. The predicted octanol–water partition coefficient (Wildman–Crippen LogP) is 4.90. The predicted molar refractivity (Wildman–Crippen MR) is 109 cm³/mol. The molecule has 0 atom stereocenters. The average Bonchev–Trinajstić information content (AvgIpc) is 2.68. The number of benzene rings is 2. The highest BCUT2D eigenvalue weighted by Crippen LogP contribution is 2.21. The largest absolute Gasteiger partial charge is 0.299 e. The summed E-state index contributed by atoms with van der Waals surface area (Å²) >= 11 is 1.81. The van der Waals surface area contributed by atoms with Crippen LogP contribution in [0.15, 0.2) is 59.5 Å². The standard InChI is InChI=1S/C22H30N2S/c1-3-24(18-19-7-5-4-6-8-19)21-13-15-23(16-14-21)17-20-9-11-22(25-2)12-10-20/h4-12,21H,3,13-18H2,1-2H3. The molecule has 1 fully saturated rings. The molecule has 2 aromatic carbocycles. The molecular weight excluding hydrogens is 324 g/mol. The summed E-state index contributed by atoms with van der Waals surface area (Å²) in [6.07, 6.45) is 4.70. The van der Waals surface area contributed by atoms with E-state index in [-0.39, 0.29) is 0 Å². The maximum atomic E-state index is 2.65. The maximum absolute atomic E-state index is 2.65. The Labute approximate surface area is 157 Å². The Morgan fingerprint density at radius 1 is 0.960 bits per heavy atom. The van der Waals surface area contributed by atoms with E-state index in [1.54, 1.807) is 0 Å². The van der Waals surface area contributed by atoms with Crippen LogP contribution in [0.1, 0.15) is 30.9 Å². The minimum absolute atomic E-state index is 0.723. The molecular formula is C22H30N2S. The Balaban J connectivity index is 1.49. The highest BCUT2D eigenvalue weighted by molar-refractivity contribution is 7.98. The van der Waals surface area contributed by atoms with E-state index in [4.69, 9.17) is 0 Å². The highest BCUT2D eigenvalue weighted by Gasteiger charge is 2.23. The van der Waals surface area contributed by atoms with Gasteiger partial charge in [0.1, 0.15) is 0 Å². The summed E-state index contributed by atoms with van der Waals surface area (Å²) in [7, 11) is 0. The summed E-state index contributed by atoms with van der Waals surface area (Å²) in [4.78, 5) is 6.61. The fourth-order valence-electron chi connectivity index (χ4n) is 3.75. The zero-order valence-corrected chi connectivity index (χ0v) is 16.3. The van der Waals surface area contributed by atoms with Gasteiger partial charge >= 0.3 is 0 Å². The van der Waals surface area contributed by atoms with Crippen LogP contribution in [0.5, 0.6) is 0 Å². The number of rotatable bonds is 7. The lowest BCUT2D eigenvalue weighted by molar-refractivity contribution is 0.103. The second kappa shape index (κ2) is 9.42. The van der Waals surface area contributed by atoms with Crippen LogP contribution in [0, 0.1) is 0 Å². The first-order chi connectivity index (χ1) is 12.3. The van der Waals surface area contributed by atoms with Crippen LogP contribution in [0.4, 0.5) is 0 Å². The van der Waals surface area contributed by atoms with Crippen molar-refractivity contribution in [2.24, 2.45) is 0 Å². The third-order valence-corrected chi connectivity index (χ3v) is 6.02. The van der Waals surface area contributed by atoms with Gasteiger partial charge in [-0.3, -0.25) is 9.80 Å². The van der Waals surface area contributed by atoms with Crippen molar-refractivity contribution in [2.75, 3.05) is 25.9 Å². The van der Waals surface area contributed by atoms with Crippen LogP contribution < -0.4 is 0 Å². The van der Waals surface area contributed by atoms with Crippen LogP contribution in [0.2, 0.25) is 0 Å². The number of thioether (sulfide) groups is 1. The molecule has 0 aromatic heterocycles. The molecule has 1 aliphatic heterocycles. The van der Waals surface area contributed by atoms with Gasteiger partial charge in [0, 0.05) is 24.0 Å². The molecule has 0 amide bonds. The summed E-state index contributed by atoms with van der Waals surface area (Å²) in [5.74, 6) is 0. The van der Waals surface area contributed by atoms with Crippen LogP contribution >= 0.6 is 11.8 Å². The smallest absolute Gasteiger partial charge is 0.0236 e. The van der Waals surface area contributed by atoms with Gasteiger partial charge in [0.05, 0.1) is 0 Å². The minimum Gasteiger partial charge on any atom is -0.299 e. The number of nitrogens with zero attached hydrogens (tertiary/aromatic N) is 2. The molecule has 0 radical (unpaired) electrons. The van der Waals surface area contributed by atoms with Crippen LogP contribution in [0.3, 0.4) is 0 Å². The van der Waals surface area contributed by atoms with Gasteiger partial charge in [0.2, 0.25) is 0 Å². The van der Waals surface area contributed by atoms with Crippen molar-refractivity contribution < 1.29 is 0 Å². The van der Waals surface area contributed by atoms with Crippen LogP contribution in [0.25, 0.3) is 0 Å². The third-order valence-electron chi connectivity index (χ3n) is 5.27. The fourth-order valence-corrected chi connectivity index (χ4v) is 4.16. The Morgan fingerprint density at radius 3 is 2.24 bits per heavy atom. The van der Waals surface area contributed by atoms with Crippen molar-refractivity contribution in [2.45, 2.75) is 43.8 Å². The van der Waals surface area contributed by atoms with E-state index >= 15 is 0 Å². The van der Waals surface area contributed by atoms with Crippen LogP contribution in [-0.4, -0.2) is 41.7 Å². The zero-order chi connectivity index (χ0) is 17.5. The molecule has 0 spiro atoms. The lowest BCUT2D eigenvalue weighted by Gasteiger charge is -2.38. The van der Waals surface area contributed by atoms with E-state index < -0.39 is 0 Å². The molecule has 2 aromatic rings. The summed E-state index contributed by atoms with van der Waals surface area (Å²) < 4.78 is 0. The zero-order valence-electron chi connectivity index (χ0n) is 15.5. The van der Waals surface area contributed by atoms with Crippen molar-refractivity contribution in [3.63, 3.8) is 0 Å². The van der Waals surface area contributed by atoms with E-state index in [2.05, 4.69) is 77.6 Å². The second-order valence-corrected chi connectivity index (χ2v) is 7.78. The van der Waals surface area contributed by atoms with Crippen molar-refractivity contribution in [1.29, 1.82) is 0 Å². The number of piperidine rings is 1. The molecule has 0 N–H and O–H groups in total. The first kappa shape index (κ1) is 18.5. The lowest BCUT2D eigenvalue weighted by atomic mass is 10.0. The SMILES string of the molecule is CCN(Cc1ccccc1)C1CCN(Cc2ccc(SC)cc2)CC1. The van der Waals surface area contributed by atoms with Crippen molar-refractivity contribution in [1.82, 2.24) is 9.80 Å². The first-order valence-corrected chi connectivity index (χ1v) is 10.6. The molecule has 1 heterocycles. The summed E-state index contributed by atoms with van der Waals surface area (Å²) in [6, 6.07) is 20.7. The molecule has 2 nitrogen and oxygen atoms in total. The van der Waals surface area contributed by atoms with Gasteiger partial charge in [0.15, 0.2) is 0 Å². The third kappa shape index (κ3) is 5.34. The van der Waals surface area contributed by atoms with Crippen molar-refractivity contribution in [3.05, 3.63) is 65.7 Å². The van der Waals surface area contributed by atoms with E-state index in [0.717, 1.165) is 25.7 Å². The molecule has 134 valence electrons. The minimum atomic E-state index is 0.723. The normalized spacial score (nSPS) is 16.4. The average molecular weight is 355 g/mol. The molecule has 3 rings (SSSR count). The van der Waals surface area contributed by atoms with E-state index in [9.17, 15) is 0 Å². The van der Waals surface area contributed by atoms with Crippen molar-refractivity contribution >= 4 is 11.8 Å². The molecule has 1 aliphatic rings. The van der Waals surface area contributed by atoms with Gasteiger partial charge in [-0.2, -0.15) is 0 Å². The quantitative estimate of drug-likeness (QED) is 0.653. The molecule has 0 bridgehead atoms. The van der Waals surface area contributed by atoms with Gasteiger partial charge in [0.25, 0.3) is 0 Å². The first-order valence-electron chi connectivity index (χ1n) is 9.41. The van der Waals surface area contributed by atoms with Crippen molar-refractivity contribution in [3.8, 4) is 0 Å². The Morgan fingerprint density at radius 2 is 1.64 bits per heavy atom. The maximum Gasteiger partial charge on any atom is 0.0236 e. The molecule has 0 unspecified atom stereocenters. The van der Waals surface area contributed by atoms with Gasteiger partial charge in [-0.15, -0.1) is 11.8 Å². The number of hydrogen-bond donors (Lipinski definition) is 0. The van der Waals surface area contributed by atoms with E-state index in [0.29, 0.717) is 0 Å². The highest BCUT2D eigenvalue weighted by atomic mass is 32.2. The number of likely N-dealkylation sites (tertiary alicyclic amines) is 1. The van der Waals surface area contributed by atoms with Gasteiger partial charge in [-0.25, -0.2) is 0 Å². The molecule has 0 aliphatic carbocycles. The number of hydrogen-bond acceptors (Lipinski definition) is 3. The van der Waals surface area contributed by atoms with Crippen LogP contribution in [-0.2, 0) is 13.1 Å². The second-order valence-electron chi connectivity index (χ2n) is 6.90. The Hall–Kier alpha value is -1.29.